The molecule has 2 atom stereocenters. The smallest absolute Gasteiger partial charge is 0.00926 e. The van der Waals surface area contributed by atoms with Crippen LogP contribution in [0.15, 0.2) is 0 Å². The van der Waals surface area contributed by atoms with E-state index in [0.29, 0.717) is 0 Å². The maximum Gasteiger partial charge on any atom is 0.00926 e. The Morgan fingerprint density at radius 2 is 1.88 bits per heavy atom. The minimum atomic E-state index is 0.769. The minimum absolute atomic E-state index is 0.769. The lowest BCUT2D eigenvalue weighted by Crippen LogP contribution is -2.35. The van der Waals surface area contributed by atoms with Crippen molar-refractivity contribution in [3.8, 4) is 0 Å². The van der Waals surface area contributed by atoms with Gasteiger partial charge in [-0.25, -0.2) is 0 Å². The second-order valence-corrected chi connectivity index (χ2v) is 5.67. The average Bonchev–Trinajstić information content (AvgIpc) is 2.81. The van der Waals surface area contributed by atoms with E-state index < -0.39 is 0 Å². The number of hydrogen-bond donors (Lipinski definition) is 1. The van der Waals surface area contributed by atoms with E-state index in [1.165, 1.54) is 57.9 Å². The predicted octanol–water partition coefficient (Wildman–Crippen LogP) is 4.37. The van der Waals surface area contributed by atoms with Crippen molar-refractivity contribution in [1.82, 2.24) is 5.32 Å². The second-order valence-electron chi connectivity index (χ2n) is 5.67. The van der Waals surface area contributed by atoms with Crippen molar-refractivity contribution in [2.24, 2.45) is 11.8 Å². The first kappa shape index (κ1) is 14.0. The molecule has 1 saturated carbocycles. The Balaban J connectivity index is 2.24. The standard InChI is InChI=1S/C15H31N/c1-4-12-16-15(13(3)5-2)11-10-14-8-6-7-9-14/h13-16H,4-12H2,1-3H3. The molecule has 1 nitrogen and oxygen atoms in total. The van der Waals surface area contributed by atoms with Crippen LogP contribution in [0.2, 0.25) is 0 Å². The van der Waals surface area contributed by atoms with E-state index in [-0.39, 0.29) is 0 Å². The molecule has 1 aliphatic carbocycles. The average molecular weight is 225 g/mol. The summed E-state index contributed by atoms with van der Waals surface area (Å²) in [6.07, 6.45) is 11.4. The summed E-state index contributed by atoms with van der Waals surface area (Å²) in [6.45, 7) is 8.18. The zero-order chi connectivity index (χ0) is 11.8. The van der Waals surface area contributed by atoms with Gasteiger partial charge in [0, 0.05) is 6.04 Å². The lowest BCUT2D eigenvalue weighted by Gasteiger charge is -2.25. The number of hydrogen-bond acceptors (Lipinski definition) is 1. The summed E-state index contributed by atoms with van der Waals surface area (Å²) in [5.74, 6) is 1.89. The predicted molar refractivity (Wildman–Crippen MR) is 72.7 cm³/mol. The molecule has 1 N–H and O–H groups in total. The highest BCUT2D eigenvalue weighted by molar-refractivity contribution is 4.76. The minimum Gasteiger partial charge on any atom is -0.314 e. The number of rotatable bonds is 8. The molecule has 0 amide bonds. The molecule has 0 spiro atoms. The van der Waals surface area contributed by atoms with Crippen molar-refractivity contribution in [3.05, 3.63) is 0 Å². The van der Waals surface area contributed by atoms with E-state index in [2.05, 4.69) is 26.1 Å². The molecule has 1 aliphatic rings. The molecule has 2 unspecified atom stereocenters. The molecule has 0 aliphatic heterocycles. The van der Waals surface area contributed by atoms with Crippen LogP contribution in [-0.2, 0) is 0 Å². The fourth-order valence-electron chi connectivity index (χ4n) is 2.92. The highest BCUT2D eigenvalue weighted by Gasteiger charge is 2.19. The first-order valence-corrected chi connectivity index (χ1v) is 7.51. The Kier molecular flexibility index (Phi) is 7.11. The van der Waals surface area contributed by atoms with Crippen LogP contribution >= 0.6 is 0 Å². The zero-order valence-electron chi connectivity index (χ0n) is 11.6. The number of nitrogens with one attached hydrogen (secondary N) is 1. The van der Waals surface area contributed by atoms with Gasteiger partial charge in [-0.2, -0.15) is 0 Å². The normalized spacial score (nSPS) is 21.2. The van der Waals surface area contributed by atoms with Crippen LogP contribution in [0.1, 0.15) is 72.1 Å². The molecule has 0 aromatic heterocycles. The Labute approximate surface area is 102 Å². The van der Waals surface area contributed by atoms with Gasteiger partial charge >= 0.3 is 0 Å². The highest BCUT2D eigenvalue weighted by Crippen LogP contribution is 2.29. The van der Waals surface area contributed by atoms with Crippen molar-refractivity contribution < 1.29 is 0 Å². The first-order valence-electron chi connectivity index (χ1n) is 7.51. The molecule has 1 heteroatoms. The van der Waals surface area contributed by atoms with E-state index in [1.54, 1.807) is 0 Å². The summed E-state index contributed by atoms with van der Waals surface area (Å²) in [5.41, 5.74) is 0. The Morgan fingerprint density at radius 3 is 2.44 bits per heavy atom. The molecule has 0 saturated heterocycles. The van der Waals surface area contributed by atoms with E-state index in [9.17, 15) is 0 Å². The van der Waals surface area contributed by atoms with Crippen molar-refractivity contribution in [2.45, 2.75) is 78.2 Å². The third kappa shape index (κ3) is 4.86. The Bertz CT molecular complexity index is 161. The molecule has 0 heterocycles. The highest BCUT2D eigenvalue weighted by atomic mass is 14.9. The van der Waals surface area contributed by atoms with Crippen LogP contribution in [0.5, 0.6) is 0 Å². The molecule has 0 radical (unpaired) electrons. The van der Waals surface area contributed by atoms with E-state index >= 15 is 0 Å². The molecule has 16 heavy (non-hydrogen) atoms. The van der Waals surface area contributed by atoms with Crippen LogP contribution in [0.25, 0.3) is 0 Å². The quantitative estimate of drug-likeness (QED) is 0.647. The molecule has 0 bridgehead atoms. The first-order chi connectivity index (χ1) is 7.77. The molecule has 1 rings (SSSR count). The van der Waals surface area contributed by atoms with Gasteiger partial charge in [-0.15, -0.1) is 0 Å². The van der Waals surface area contributed by atoms with Gasteiger partial charge in [-0.1, -0.05) is 52.9 Å². The van der Waals surface area contributed by atoms with Gasteiger partial charge in [0.05, 0.1) is 0 Å². The van der Waals surface area contributed by atoms with Crippen LogP contribution in [-0.4, -0.2) is 12.6 Å². The third-order valence-electron chi connectivity index (χ3n) is 4.35. The summed E-state index contributed by atoms with van der Waals surface area (Å²) in [6, 6.07) is 0.769. The summed E-state index contributed by atoms with van der Waals surface area (Å²) in [5, 5.41) is 3.74. The van der Waals surface area contributed by atoms with Gasteiger partial charge in [0.2, 0.25) is 0 Å². The van der Waals surface area contributed by atoms with E-state index in [1.807, 2.05) is 0 Å². The molecule has 0 aromatic carbocycles. The van der Waals surface area contributed by atoms with Gasteiger partial charge in [0.15, 0.2) is 0 Å². The van der Waals surface area contributed by atoms with Crippen LogP contribution in [0.3, 0.4) is 0 Å². The summed E-state index contributed by atoms with van der Waals surface area (Å²) < 4.78 is 0. The third-order valence-corrected chi connectivity index (χ3v) is 4.35. The largest absolute Gasteiger partial charge is 0.314 e. The van der Waals surface area contributed by atoms with E-state index in [4.69, 9.17) is 0 Å². The van der Waals surface area contributed by atoms with Crippen molar-refractivity contribution in [3.63, 3.8) is 0 Å². The summed E-state index contributed by atoms with van der Waals surface area (Å²) in [4.78, 5) is 0. The maximum atomic E-state index is 3.74. The lowest BCUT2D eigenvalue weighted by atomic mass is 9.90. The monoisotopic (exact) mass is 225 g/mol. The Morgan fingerprint density at radius 1 is 1.19 bits per heavy atom. The van der Waals surface area contributed by atoms with Crippen LogP contribution < -0.4 is 5.32 Å². The van der Waals surface area contributed by atoms with Gasteiger partial charge in [-0.05, 0) is 37.6 Å². The maximum absolute atomic E-state index is 3.74. The van der Waals surface area contributed by atoms with Gasteiger partial charge in [0.1, 0.15) is 0 Å². The Hall–Kier alpha value is -0.0400. The van der Waals surface area contributed by atoms with Crippen molar-refractivity contribution in [1.29, 1.82) is 0 Å². The molecule has 1 fully saturated rings. The molecular weight excluding hydrogens is 194 g/mol. The molecular formula is C15H31N. The van der Waals surface area contributed by atoms with Gasteiger partial charge in [0.25, 0.3) is 0 Å². The topological polar surface area (TPSA) is 12.0 Å². The fourth-order valence-corrected chi connectivity index (χ4v) is 2.92. The van der Waals surface area contributed by atoms with Gasteiger partial charge < -0.3 is 5.32 Å². The SMILES string of the molecule is CCCNC(CCC1CCCC1)C(C)CC. The summed E-state index contributed by atoms with van der Waals surface area (Å²) in [7, 11) is 0. The zero-order valence-corrected chi connectivity index (χ0v) is 11.6. The molecule has 96 valence electrons. The van der Waals surface area contributed by atoms with Crippen LogP contribution in [0.4, 0.5) is 0 Å². The summed E-state index contributed by atoms with van der Waals surface area (Å²) >= 11 is 0. The fraction of sp³-hybridized carbons (Fsp3) is 1.00. The van der Waals surface area contributed by atoms with Gasteiger partial charge in [-0.3, -0.25) is 0 Å². The van der Waals surface area contributed by atoms with Crippen molar-refractivity contribution >= 4 is 0 Å². The molecule has 0 aromatic rings. The van der Waals surface area contributed by atoms with E-state index in [0.717, 1.165) is 17.9 Å². The van der Waals surface area contributed by atoms with Crippen molar-refractivity contribution in [2.75, 3.05) is 6.54 Å². The van der Waals surface area contributed by atoms with Crippen LogP contribution in [0, 0.1) is 11.8 Å². The lowest BCUT2D eigenvalue weighted by molar-refractivity contribution is 0.318. The second kappa shape index (κ2) is 8.11.